The Morgan fingerprint density at radius 3 is 2.71 bits per heavy atom. The van der Waals surface area contributed by atoms with Crippen molar-refractivity contribution in [2.75, 3.05) is 32.8 Å². The highest BCUT2D eigenvalue weighted by molar-refractivity contribution is 5.39. The van der Waals surface area contributed by atoms with E-state index in [1.165, 1.54) is 38.8 Å². The summed E-state index contributed by atoms with van der Waals surface area (Å²) in [6.07, 6.45) is 5.88. The Labute approximate surface area is 127 Å². The van der Waals surface area contributed by atoms with Crippen molar-refractivity contribution in [1.29, 1.82) is 0 Å². The Balaban J connectivity index is 1.77. The maximum Gasteiger partial charge on any atom is 0.120 e. The van der Waals surface area contributed by atoms with Crippen LogP contribution >= 0.6 is 0 Å². The van der Waals surface area contributed by atoms with Crippen LogP contribution < -0.4 is 4.74 Å². The summed E-state index contributed by atoms with van der Waals surface area (Å²) in [5.41, 5.74) is 0.940. The Hall–Kier alpha value is -1.50. The molecule has 1 aliphatic rings. The molecule has 1 fully saturated rings. The predicted molar refractivity (Wildman–Crippen MR) is 85.4 cm³/mol. The molecule has 3 nitrogen and oxygen atoms in total. The average molecular weight is 287 g/mol. The van der Waals surface area contributed by atoms with E-state index in [2.05, 4.69) is 16.7 Å². The normalized spacial score (nSPS) is 15.9. The van der Waals surface area contributed by atoms with Gasteiger partial charge in [0.2, 0.25) is 0 Å². The minimum Gasteiger partial charge on any atom is -0.492 e. The highest BCUT2D eigenvalue weighted by Gasteiger charge is 2.08. The lowest BCUT2D eigenvalue weighted by atomic mass is 10.2. The summed E-state index contributed by atoms with van der Waals surface area (Å²) >= 11 is 0. The van der Waals surface area contributed by atoms with Crippen molar-refractivity contribution in [1.82, 2.24) is 4.90 Å². The topological polar surface area (TPSA) is 32.7 Å². The zero-order valence-electron chi connectivity index (χ0n) is 12.7. The van der Waals surface area contributed by atoms with Crippen LogP contribution in [0.4, 0.5) is 0 Å². The molecule has 0 spiro atoms. The van der Waals surface area contributed by atoms with E-state index in [9.17, 15) is 0 Å². The van der Waals surface area contributed by atoms with Gasteiger partial charge in [-0.25, -0.2) is 0 Å². The zero-order valence-corrected chi connectivity index (χ0v) is 12.7. The number of nitrogens with zero attached hydrogens (tertiary/aromatic N) is 1. The molecule has 0 bridgehead atoms. The quantitative estimate of drug-likeness (QED) is 0.845. The molecule has 2 rings (SSSR count). The van der Waals surface area contributed by atoms with Crippen molar-refractivity contribution in [2.45, 2.75) is 32.1 Å². The number of benzene rings is 1. The highest BCUT2D eigenvalue weighted by Crippen LogP contribution is 2.13. The highest BCUT2D eigenvalue weighted by atomic mass is 16.5. The predicted octanol–water partition coefficient (Wildman–Crippen LogP) is 2.68. The van der Waals surface area contributed by atoms with E-state index in [4.69, 9.17) is 9.84 Å². The van der Waals surface area contributed by atoms with Crippen LogP contribution in [0.5, 0.6) is 5.75 Å². The van der Waals surface area contributed by atoms with Crippen LogP contribution in [0.1, 0.15) is 37.7 Å². The molecule has 1 aromatic rings. The minimum atomic E-state index is 0.110. The third-order valence-electron chi connectivity index (χ3n) is 3.68. The van der Waals surface area contributed by atoms with Gasteiger partial charge in [-0.05, 0) is 44.1 Å². The van der Waals surface area contributed by atoms with Gasteiger partial charge < -0.3 is 9.84 Å². The van der Waals surface area contributed by atoms with Crippen molar-refractivity contribution >= 4 is 0 Å². The van der Waals surface area contributed by atoms with Gasteiger partial charge in [0.15, 0.2) is 0 Å². The summed E-state index contributed by atoms with van der Waals surface area (Å²) in [5.74, 6) is 6.84. The summed E-state index contributed by atoms with van der Waals surface area (Å²) in [6.45, 7) is 4.25. The molecule has 1 saturated heterocycles. The van der Waals surface area contributed by atoms with E-state index in [0.29, 0.717) is 6.42 Å². The Morgan fingerprint density at radius 2 is 1.95 bits per heavy atom. The van der Waals surface area contributed by atoms with Gasteiger partial charge in [-0.15, -0.1) is 0 Å². The average Bonchev–Trinajstić information content (AvgIpc) is 2.77. The minimum absolute atomic E-state index is 0.110. The molecular weight excluding hydrogens is 262 g/mol. The molecule has 0 aliphatic carbocycles. The molecule has 3 heteroatoms. The molecule has 0 atom stereocenters. The molecule has 1 heterocycles. The van der Waals surface area contributed by atoms with Gasteiger partial charge in [-0.3, -0.25) is 4.90 Å². The lowest BCUT2D eigenvalue weighted by Gasteiger charge is -2.19. The Kier molecular flexibility index (Phi) is 7.14. The van der Waals surface area contributed by atoms with Gasteiger partial charge in [0.1, 0.15) is 12.4 Å². The van der Waals surface area contributed by atoms with Gasteiger partial charge in [0.05, 0.1) is 6.61 Å². The maximum atomic E-state index is 8.73. The number of likely N-dealkylation sites (tertiary alicyclic amines) is 1. The van der Waals surface area contributed by atoms with Gasteiger partial charge in [0.25, 0.3) is 0 Å². The van der Waals surface area contributed by atoms with Crippen molar-refractivity contribution in [3.05, 3.63) is 29.8 Å². The Morgan fingerprint density at radius 1 is 1.14 bits per heavy atom. The molecule has 1 aliphatic heterocycles. The Bertz CT molecular complexity index is 468. The van der Waals surface area contributed by atoms with E-state index < -0.39 is 0 Å². The molecule has 1 N–H and O–H groups in total. The summed E-state index contributed by atoms with van der Waals surface area (Å²) in [4.78, 5) is 2.50. The molecule has 0 aromatic heterocycles. The van der Waals surface area contributed by atoms with Gasteiger partial charge in [-0.1, -0.05) is 30.7 Å². The van der Waals surface area contributed by atoms with E-state index in [-0.39, 0.29) is 6.61 Å². The first-order valence-corrected chi connectivity index (χ1v) is 7.93. The summed E-state index contributed by atoms with van der Waals surface area (Å²) in [7, 11) is 0. The van der Waals surface area contributed by atoms with Crippen LogP contribution in [0.3, 0.4) is 0 Å². The first-order chi connectivity index (χ1) is 10.4. The van der Waals surface area contributed by atoms with Gasteiger partial charge >= 0.3 is 0 Å². The van der Waals surface area contributed by atoms with Crippen molar-refractivity contribution in [3.8, 4) is 17.6 Å². The third-order valence-corrected chi connectivity index (χ3v) is 3.68. The number of aliphatic hydroxyl groups is 1. The molecule has 0 amide bonds. The molecule has 0 radical (unpaired) electrons. The second kappa shape index (κ2) is 9.44. The number of aliphatic hydroxyl groups excluding tert-OH is 1. The molecule has 0 unspecified atom stereocenters. The lowest BCUT2D eigenvalue weighted by molar-refractivity contribution is 0.214. The van der Waals surface area contributed by atoms with Crippen LogP contribution in [0.25, 0.3) is 0 Å². The second-order valence-electron chi connectivity index (χ2n) is 5.41. The fourth-order valence-corrected chi connectivity index (χ4v) is 2.54. The monoisotopic (exact) mass is 287 g/mol. The third kappa shape index (κ3) is 6.20. The summed E-state index contributed by atoms with van der Waals surface area (Å²) in [6, 6.07) is 7.86. The molecule has 0 saturated carbocycles. The van der Waals surface area contributed by atoms with E-state index in [0.717, 1.165) is 24.5 Å². The first kappa shape index (κ1) is 15.9. The van der Waals surface area contributed by atoms with Crippen LogP contribution in [0.2, 0.25) is 0 Å². The van der Waals surface area contributed by atoms with Crippen LogP contribution in [-0.4, -0.2) is 42.9 Å². The number of ether oxygens (including phenoxy) is 1. The lowest BCUT2D eigenvalue weighted by Crippen LogP contribution is -2.29. The van der Waals surface area contributed by atoms with Gasteiger partial charge in [0, 0.05) is 18.5 Å². The standard InChI is InChI=1S/C18H25NO2/c20-14-6-3-8-17-9-7-10-18(16-17)21-15-13-19-11-4-1-2-5-12-19/h7,9-10,16,20H,1-2,4-6,11-15H2. The van der Waals surface area contributed by atoms with E-state index in [1.54, 1.807) is 0 Å². The fraction of sp³-hybridized carbons (Fsp3) is 0.556. The van der Waals surface area contributed by atoms with E-state index in [1.807, 2.05) is 24.3 Å². The van der Waals surface area contributed by atoms with Crippen molar-refractivity contribution in [2.24, 2.45) is 0 Å². The summed E-state index contributed by atoms with van der Waals surface area (Å²) < 4.78 is 5.84. The maximum absolute atomic E-state index is 8.73. The molecular formula is C18H25NO2. The molecule has 21 heavy (non-hydrogen) atoms. The largest absolute Gasteiger partial charge is 0.492 e. The smallest absolute Gasteiger partial charge is 0.120 e. The first-order valence-electron chi connectivity index (χ1n) is 7.93. The summed E-state index contributed by atoms with van der Waals surface area (Å²) in [5, 5.41) is 8.73. The zero-order chi connectivity index (χ0) is 14.8. The van der Waals surface area contributed by atoms with Crippen molar-refractivity contribution < 1.29 is 9.84 Å². The number of hydrogen-bond donors (Lipinski definition) is 1. The van der Waals surface area contributed by atoms with Gasteiger partial charge in [-0.2, -0.15) is 0 Å². The van der Waals surface area contributed by atoms with Crippen molar-refractivity contribution in [3.63, 3.8) is 0 Å². The molecule has 114 valence electrons. The number of rotatable bonds is 5. The van der Waals surface area contributed by atoms with Crippen LogP contribution in [-0.2, 0) is 0 Å². The molecule has 1 aromatic carbocycles. The van der Waals surface area contributed by atoms with Crippen LogP contribution in [0.15, 0.2) is 24.3 Å². The SMILES string of the molecule is OCCC#Cc1cccc(OCCN2CCCCCC2)c1. The van der Waals surface area contributed by atoms with Crippen LogP contribution in [0, 0.1) is 11.8 Å². The second-order valence-corrected chi connectivity index (χ2v) is 5.41. The fourth-order valence-electron chi connectivity index (χ4n) is 2.54. The number of hydrogen-bond acceptors (Lipinski definition) is 3. The van der Waals surface area contributed by atoms with E-state index >= 15 is 0 Å².